The van der Waals surface area contributed by atoms with Crippen LogP contribution in [-0.4, -0.2) is 47.1 Å². The molecule has 3 heterocycles. The molecule has 35 heavy (non-hydrogen) atoms. The van der Waals surface area contributed by atoms with Crippen LogP contribution in [0.15, 0.2) is 42.6 Å². The number of likely N-dealkylation sites (tertiary alicyclic amines) is 1. The lowest BCUT2D eigenvalue weighted by molar-refractivity contribution is 0.188. The molecule has 1 saturated heterocycles. The van der Waals surface area contributed by atoms with E-state index in [4.69, 9.17) is 4.74 Å². The van der Waals surface area contributed by atoms with Crippen LogP contribution in [0.2, 0.25) is 0 Å². The minimum atomic E-state index is -0.525. The molecule has 10 heteroatoms. The summed E-state index contributed by atoms with van der Waals surface area (Å²) >= 11 is 0. The lowest BCUT2D eigenvalue weighted by Crippen LogP contribution is -2.46. The normalized spacial score (nSPS) is 14.6. The maximum absolute atomic E-state index is 14.3. The van der Waals surface area contributed by atoms with E-state index in [2.05, 4.69) is 20.6 Å². The number of pyridine rings is 1. The third-order valence-corrected chi connectivity index (χ3v) is 6.36. The van der Waals surface area contributed by atoms with Crippen molar-refractivity contribution >= 4 is 33.5 Å². The van der Waals surface area contributed by atoms with Crippen LogP contribution in [0.4, 0.5) is 23.7 Å². The van der Waals surface area contributed by atoms with Crippen molar-refractivity contribution in [2.45, 2.75) is 25.4 Å². The van der Waals surface area contributed by atoms with Crippen LogP contribution in [0, 0.1) is 17.5 Å². The highest BCUT2D eigenvalue weighted by molar-refractivity contribution is 6.00. The summed E-state index contributed by atoms with van der Waals surface area (Å²) in [7, 11) is 1.45. The molecule has 1 fully saturated rings. The van der Waals surface area contributed by atoms with Gasteiger partial charge >= 0.3 is 6.03 Å². The van der Waals surface area contributed by atoms with Gasteiger partial charge in [0.15, 0.2) is 5.82 Å². The van der Waals surface area contributed by atoms with Crippen LogP contribution in [-0.2, 0) is 6.54 Å². The highest BCUT2D eigenvalue weighted by Crippen LogP contribution is 2.29. The van der Waals surface area contributed by atoms with E-state index in [1.54, 1.807) is 23.1 Å². The van der Waals surface area contributed by atoms with Crippen molar-refractivity contribution in [1.29, 1.82) is 0 Å². The maximum Gasteiger partial charge on any atom is 0.321 e. The number of nitrogens with one attached hydrogen (secondary N) is 3. The Balaban J connectivity index is 1.19. The third-order valence-electron chi connectivity index (χ3n) is 6.36. The molecular formula is C25H24F3N5O2. The standard InChI is InChI=1S/C25H24F3N5O2/c1-35-16-11-18-22(4-7-29-23(18)21(28)12-16)32-25(34)33-8-5-14(6-9-33)30-13-15-10-17-19(26)2-3-20(27)24(17)31-15/h2-4,7,10-12,14,30-31H,5-6,8-9,13H2,1H3,(H,29,32,34). The van der Waals surface area contributed by atoms with Gasteiger partial charge in [0.25, 0.3) is 0 Å². The Morgan fingerprint density at radius 3 is 2.60 bits per heavy atom. The predicted molar refractivity (Wildman–Crippen MR) is 127 cm³/mol. The summed E-state index contributed by atoms with van der Waals surface area (Å²) in [6.07, 6.45) is 2.89. The van der Waals surface area contributed by atoms with E-state index in [0.29, 0.717) is 42.2 Å². The number of carbonyl (C=O) groups excluding carboxylic acids is 1. The number of rotatable bonds is 5. The molecule has 0 unspecified atom stereocenters. The number of urea groups is 1. The first kappa shape index (κ1) is 23.0. The lowest BCUT2D eigenvalue weighted by atomic mass is 10.1. The molecule has 7 nitrogen and oxygen atoms in total. The number of methoxy groups -OCH3 is 1. The first-order valence-corrected chi connectivity index (χ1v) is 11.3. The van der Waals surface area contributed by atoms with Crippen LogP contribution < -0.4 is 15.4 Å². The minimum absolute atomic E-state index is 0.153. The maximum atomic E-state index is 14.3. The fourth-order valence-corrected chi connectivity index (χ4v) is 4.45. The van der Waals surface area contributed by atoms with Gasteiger partial charge in [0.05, 0.1) is 18.3 Å². The number of H-pyrrole nitrogens is 1. The Bertz CT molecular complexity index is 1360. The fraction of sp³-hybridized carbons (Fsp3) is 0.280. The summed E-state index contributed by atoms with van der Waals surface area (Å²) in [5.41, 5.74) is 1.46. The van der Waals surface area contributed by atoms with Crippen molar-refractivity contribution < 1.29 is 22.7 Å². The minimum Gasteiger partial charge on any atom is -0.497 e. The summed E-state index contributed by atoms with van der Waals surface area (Å²) in [6.45, 7) is 1.49. The Morgan fingerprint density at radius 1 is 1.09 bits per heavy atom. The summed E-state index contributed by atoms with van der Waals surface area (Å²) in [5.74, 6) is -1.14. The van der Waals surface area contributed by atoms with Gasteiger partial charge in [0, 0.05) is 54.4 Å². The quantitative estimate of drug-likeness (QED) is 0.376. The Morgan fingerprint density at radius 2 is 1.86 bits per heavy atom. The first-order chi connectivity index (χ1) is 16.9. The second-order valence-corrected chi connectivity index (χ2v) is 8.55. The molecule has 1 aliphatic heterocycles. The molecule has 2 aromatic carbocycles. The number of piperidine rings is 1. The van der Waals surface area contributed by atoms with Crippen molar-refractivity contribution in [2.24, 2.45) is 0 Å². The number of benzene rings is 2. The highest BCUT2D eigenvalue weighted by Gasteiger charge is 2.23. The molecule has 0 bridgehead atoms. The summed E-state index contributed by atoms with van der Waals surface area (Å²) < 4.78 is 47.3. The molecule has 0 spiro atoms. The number of aromatic nitrogens is 2. The second-order valence-electron chi connectivity index (χ2n) is 8.55. The molecule has 3 N–H and O–H groups in total. The van der Waals surface area contributed by atoms with Crippen molar-refractivity contribution in [2.75, 3.05) is 25.5 Å². The SMILES string of the molecule is COc1cc(F)c2nccc(NC(=O)N3CCC(NCc4cc5c(F)ccc(F)c5[nH]4)CC3)c2c1. The van der Waals surface area contributed by atoms with Gasteiger partial charge in [0.2, 0.25) is 0 Å². The topological polar surface area (TPSA) is 82.3 Å². The molecular weight excluding hydrogens is 459 g/mol. The lowest BCUT2D eigenvalue weighted by Gasteiger charge is -2.32. The third kappa shape index (κ3) is 4.61. The Hall–Kier alpha value is -3.79. The van der Waals surface area contributed by atoms with Gasteiger partial charge in [0.1, 0.15) is 22.9 Å². The molecule has 2 amide bonds. The molecule has 1 aliphatic rings. The van der Waals surface area contributed by atoms with Gasteiger partial charge in [-0.25, -0.2) is 18.0 Å². The fourth-order valence-electron chi connectivity index (χ4n) is 4.45. The van der Waals surface area contributed by atoms with E-state index in [-0.39, 0.29) is 28.5 Å². The average Bonchev–Trinajstić information content (AvgIpc) is 3.31. The number of nitrogens with zero attached hydrogens (tertiary/aromatic N) is 2. The summed E-state index contributed by atoms with van der Waals surface area (Å²) in [5, 5.41) is 6.94. The Kier molecular flexibility index (Phi) is 6.21. The summed E-state index contributed by atoms with van der Waals surface area (Å²) in [6, 6.07) is 8.22. The largest absolute Gasteiger partial charge is 0.497 e. The molecule has 182 valence electrons. The highest BCUT2D eigenvalue weighted by atomic mass is 19.1. The number of carbonyl (C=O) groups is 1. The van der Waals surface area contributed by atoms with Crippen LogP contribution in [0.1, 0.15) is 18.5 Å². The molecule has 5 rings (SSSR count). The molecule has 2 aromatic heterocycles. The smallest absolute Gasteiger partial charge is 0.321 e. The zero-order valence-corrected chi connectivity index (χ0v) is 19.0. The van der Waals surface area contributed by atoms with Gasteiger partial charge in [-0.05, 0) is 43.2 Å². The monoisotopic (exact) mass is 483 g/mol. The molecule has 0 saturated carbocycles. The van der Waals surface area contributed by atoms with E-state index in [1.807, 2.05) is 0 Å². The predicted octanol–water partition coefficient (Wildman–Crippen LogP) is 4.93. The molecule has 0 radical (unpaired) electrons. The van der Waals surface area contributed by atoms with E-state index < -0.39 is 17.5 Å². The number of hydrogen-bond donors (Lipinski definition) is 3. The first-order valence-electron chi connectivity index (χ1n) is 11.3. The Labute approximate surface area is 199 Å². The van der Waals surface area contributed by atoms with Crippen molar-refractivity contribution in [3.63, 3.8) is 0 Å². The number of hydrogen-bond acceptors (Lipinski definition) is 4. The molecule has 0 atom stereocenters. The van der Waals surface area contributed by atoms with Crippen LogP contribution in [0.25, 0.3) is 21.8 Å². The number of aromatic amines is 1. The zero-order chi connectivity index (χ0) is 24.5. The average molecular weight is 483 g/mol. The number of anilines is 1. The zero-order valence-electron chi connectivity index (χ0n) is 19.0. The van der Waals surface area contributed by atoms with Gasteiger partial charge in [-0.3, -0.25) is 4.98 Å². The van der Waals surface area contributed by atoms with Gasteiger partial charge in [-0.15, -0.1) is 0 Å². The van der Waals surface area contributed by atoms with Gasteiger partial charge in [-0.2, -0.15) is 0 Å². The number of amides is 2. The van der Waals surface area contributed by atoms with Crippen LogP contribution >= 0.6 is 0 Å². The van der Waals surface area contributed by atoms with Gasteiger partial charge in [-0.1, -0.05) is 0 Å². The van der Waals surface area contributed by atoms with E-state index in [0.717, 1.165) is 25.0 Å². The molecule has 0 aliphatic carbocycles. The number of halogens is 3. The van der Waals surface area contributed by atoms with E-state index in [9.17, 15) is 18.0 Å². The summed E-state index contributed by atoms with van der Waals surface area (Å²) in [4.78, 5) is 21.6. The number of ether oxygens (including phenoxy) is 1. The van der Waals surface area contributed by atoms with Crippen LogP contribution in [0.5, 0.6) is 5.75 Å². The van der Waals surface area contributed by atoms with E-state index in [1.165, 1.54) is 19.4 Å². The van der Waals surface area contributed by atoms with Crippen molar-refractivity contribution in [3.8, 4) is 5.75 Å². The van der Waals surface area contributed by atoms with Crippen LogP contribution in [0.3, 0.4) is 0 Å². The van der Waals surface area contributed by atoms with Crippen molar-refractivity contribution in [3.05, 3.63) is 65.7 Å². The molecule has 4 aromatic rings. The van der Waals surface area contributed by atoms with Crippen molar-refractivity contribution in [1.82, 2.24) is 20.2 Å². The number of fused-ring (bicyclic) bond motifs is 2. The second kappa shape index (κ2) is 9.46. The van der Waals surface area contributed by atoms with Gasteiger partial charge < -0.3 is 25.3 Å². The van der Waals surface area contributed by atoms with E-state index >= 15 is 0 Å².